The number of carbonyl (C=O) groups is 1. The zero-order valence-corrected chi connectivity index (χ0v) is 15.3. The largest absolute Gasteiger partial charge is 0.498 e. The SMILES string of the molecule is COC1=CC=C2C(=O)C(c3ccc(I)cc3)=COC2C1(C)OC. The number of hydrogen-bond donors (Lipinski definition) is 0. The second-order valence-corrected chi connectivity index (χ2v) is 6.80. The molecule has 0 saturated heterocycles. The molecule has 1 aromatic rings. The Balaban J connectivity index is 2.02. The molecule has 0 saturated carbocycles. The van der Waals surface area contributed by atoms with Gasteiger partial charge in [0.05, 0.1) is 18.9 Å². The highest BCUT2D eigenvalue weighted by Crippen LogP contribution is 2.40. The van der Waals surface area contributed by atoms with Gasteiger partial charge in [-0.15, -0.1) is 0 Å². The zero-order valence-electron chi connectivity index (χ0n) is 13.1. The lowest BCUT2D eigenvalue weighted by molar-refractivity contribution is -0.119. The summed E-state index contributed by atoms with van der Waals surface area (Å²) in [6, 6.07) is 7.77. The molecule has 0 N–H and O–H groups in total. The van der Waals surface area contributed by atoms with E-state index in [1.807, 2.05) is 31.2 Å². The maximum atomic E-state index is 12.9. The second kappa shape index (κ2) is 6.13. The predicted molar refractivity (Wildman–Crippen MR) is 95.6 cm³/mol. The Bertz CT molecular complexity index is 730. The van der Waals surface area contributed by atoms with Gasteiger partial charge in [0.2, 0.25) is 0 Å². The summed E-state index contributed by atoms with van der Waals surface area (Å²) in [6.07, 6.45) is 4.54. The van der Waals surface area contributed by atoms with Gasteiger partial charge in [0, 0.05) is 16.3 Å². The number of ether oxygens (including phenoxy) is 3. The van der Waals surface area contributed by atoms with Crippen LogP contribution in [0.2, 0.25) is 0 Å². The van der Waals surface area contributed by atoms with Crippen molar-refractivity contribution < 1.29 is 19.0 Å². The molecule has 2 aliphatic rings. The van der Waals surface area contributed by atoms with E-state index in [4.69, 9.17) is 14.2 Å². The minimum Gasteiger partial charge on any atom is -0.498 e. The summed E-state index contributed by atoms with van der Waals surface area (Å²) < 4.78 is 18.0. The van der Waals surface area contributed by atoms with E-state index in [9.17, 15) is 4.79 Å². The number of allylic oxidation sites excluding steroid dienone is 3. The summed E-state index contributed by atoms with van der Waals surface area (Å²) in [7, 11) is 3.17. The number of hydrogen-bond acceptors (Lipinski definition) is 4. The lowest BCUT2D eigenvalue weighted by Crippen LogP contribution is -2.49. The van der Waals surface area contributed by atoms with Crippen LogP contribution in [0.25, 0.3) is 5.57 Å². The van der Waals surface area contributed by atoms with Crippen LogP contribution in [0, 0.1) is 3.57 Å². The topological polar surface area (TPSA) is 44.8 Å². The van der Waals surface area contributed by atoms with Gasteiger partial charge < -0.3 is 14.2 Å². The first-order valence-corrected chi connectivity index (χ1v) is 8.27. The molecule has 23 heavy (non-hydrogen) atoms. The highest BCUT2D eigenvalue weighted by molar-refractivity contribution is 14.1. The van der Waals surface area contributed by atoms with E-state index in [0.717, 1.165) is 9.13 Å². The molecule has 1 aliphatic heterocycles. The van der Waals surface area contributed by atoms with Crippen LogP contribution >= 0.6 is 22.6 Å². The second-order valence-electron chi connectivity index (χ2n) is 5.55. The standard InChI is InChI=1S/C18H17IO4/c1-18(22-3)15(21-2)9-8-13-16(20)14(10-23-17(13)18)11-4-6-12(19)7-5-11/h4-10,17H,1-3H3. The van der Waals surface area contributed by atoms with Crippen LogP contribution < -0.4 is 0 Å². The Morgan fingerprint density at radius 2 is 1.87 bits per heavy atom. The van der Waals surface area contributed by atoms with E-state index >= 15 is 0 Å². The average Bonchev–Trinajstić information content (AvgIpc) is 2.57. The molecule has 1 aromatic carbocycles. The van der Waals surface area contributed by atoms with Crippen LogP contribution in [0.4, 0.5) is 0 Å². The normalized spacial score (nSPS) is 26.5. The highest BCUT2D eigenvalue weighted by Gasteiger charge is 2.48. The zero-order chi connectivity index (χ0) is 16.6. The van der Waals surface area contributed by atoms with Crippen molar-refractivity contribution in [2.75, 3.05) is 14.2 Å². The Kier molecular flexibility index (Phi) is 4.33. The monoisotopic (exact) mass is 424 g/mol. The maximum absolute atomic E-state index is 12.9. The molecule has 5 heteroatoms. The van der Waals surface area contributed by atoms with Gasteiger partial charge >= 0.3 is 0 Å². The van der Waals surface area contributed by atoms with E-state index in [2.05, 4.69) is 22.6 Å². The number of ketones is 1. The highest BCUT2D eigenvalue weighted by atomic mass is 127. The molecule has 0 amide bonds. The maximum Gasteiger partial charge on any atom is 0.196 e. The molecule has 2 unspecified atom stereocenters. The van der Waals surface area contributed by atoms with Crippen LogP contribution in [0.3, 0.4) is 0 Å². The molecular weight excluding hydrogens is 407 g/mol. The number of fused-ring (bicyclic) bond motifs is 1. The summed E-state index contributed by atoms with van der Waals surface area (Å²) in [5, 5.41) is 0. The summed E-state index contributed by atoms with van der Waals surface area (Å²) in [4.78, 5) is 12.9. The lowest BCUT2D eigenvalue weighted by atomic mass is 9.80. The van der Waals surface area contributed by atoms with Gasteiger partial charge in [-0.05, 0) is 59.4 Å². The molecule has 3 rings (SSSR count). The van der Waals surface area contributed by atoms with E-state index in [1.54, 1.807) is 26.4 Å². The fraction of sp³-hybridized carbons (Fsp3) is 0.278. The van der Waals surface area contributed by atoms with Crippen molar-refractivity contribution in [1.29, 1.82) is 0 Å². The fourth-order valence-corrected chi connectivity index (χ4v) is 3.25. The van der Waals surface area contributed by atoms with Gasteiger partial charge in [-0.25, -0.2) is 0 Å². The lowest BCUT2D eigenvalue weighted by Gasteiger charge is -2.41. The van der Waals surface area contributed by atoms with Crippen molar-refractivity contribution in [3.63, 3.8) is 0 Å². The first-order valence-electron chi connectivity index (χ1n) is 7.19. The van der Waals surface area contributed by atoms with Crippen LogP contribution in [0.5, 0.6) is 0 Å². The Morgan fingerprint density at radius 1 is 1.17 bits per heavy atom. The molecule has 0 aromatic heterocycles. The molecule has 1 aliphatic carbocycles. The Labute approximate surface area is 148 Å². The van der Waals surface area contributed by atoms with Crippen molar-refractivity contribution in [2.45, 2.75) is 18.6 Å². The Morgan fingerprint density at radius 3 is 2.48 bits per heavy atom. The molecular formula is C18H17IO4. The average molecular weight is 424 g/mol. The summed E-state index contributed by atoms with van der Waals surface area (Å²) >= 11 is 2.23. The van der Waals surface area contributed by atoms with Crippen molar-refractivity contribution >= 4 is 33.9 Å². The molecule has 0 bridgehead atoms. The third kappa shape index (κ3) is 2.61. The van der Waals surface area contributed by atoms with Crippen LogP contribution in [0.15, 0.2) is 54.0 Å². The van der Waals surface area contributed by atoms with Gasteiger partial charge in [0.1, 0.15) is 5.76 Å². The number of benzene rings is 1. The molecule has 4 nitrogen and oxygen atoms in total. The minimum absolute atomic E-state index is 0.0443. The van der Waals surface area contributed by atoms with Gasteiger partial charge in [-0.2, -0.15) is 0 Å². The van der Waals surface area contributed by atoms with E-state index in [-0.39, 0.29) is 5.78 Å². The first kappa shape index (κ1) is 16.3. The van der Waals surface area contributed by atoms with E-state index in [1.165, 1.54) is 6.26 Å². The van der Waals surface area contributed by atoms with Crippen molar-refractivity contribution in [2.24, 2.45) is 0 Å². The van der Waals surface area contributed by atoms with Crippen LogP contribution in [-0.2, 0) is 19.0 Å². The number of rotatable bonds is 3. The van der Waals surface area contributed by atoms with Crippen LogP contribution in [-0.4, -0.2) is 31.7 Å². The van der Waals surface area contributed by atoms with E-state index < -0.39 is 11.7 Å². The van der Waals surface area contributed by atoms with Crippen molar-refractivity contribution in [1.82, 2.24) is 0 Å². The van der Waals surface area contributed by atoms with Gasteiger partial charge in [0.25, 0.3) is 0 Å². The number of halogens is 1. The number of carbonyl (C=O) groups excluding carboxylic acids is 1. The predicted octanol–water partition coefficient (Wildman–Crippen LogP) is 3.48. The molecule has 0 fully saturated rings. The van der Waals surface area contributed by atoms with Crippen LogP contribution in [0.1, 0.15) is 12.5 Å². The van der Waals surface area contributed by atoms with Gasteiger partial charge in [-0.1, -0.05) is 12.1 Å². The molecule has 120 valence electrons. The van der Waals surface area contributed by atoms with E-state index in [0.29, 0.717) is 16.9 Å². The molecule has 0 radical (unpaired) electrons. The molecule has 2 atom stereocenters. The number of methoxy groups -OCH3 is 2. The number of Topliss-reactive ketones (excluding diaryl/α,β-unsaturated/α-hetero) is 1. The quantitative estimate of drug-likeness (QED) is 0.698. The van der Waals surface area contributed by atoms with Crippen molar-refractivity contribution in [3.05, 3.63) is 63.1 Å². The fourth-order valence-electron chi connectivity index (χ4n) is 2.89. The first-order chi connectivity index (χ1) is 11.0. The molecule has 1 heterocycles. The van der Waals surface area contributed by atoms with Crippen molar-refractivity contribution in [3.8, 4) is 0 Å². The van der Waals surface area contributed by atoms with Gasteiger partial charge in [-0.3, -0.25) is 4.79 Å². The summed E-state index contributed by atoms with van der Waals surface area (Å²) in [6.45, 7) is 1.86. The third-order valence-electron chi connectivity index (χ3n) is 4.31. The summed E-state index contributed by atoms with van der Waals surface area (Å²) in [5.41, 5.74) is 1.14. The summed E-state index contributed by atoms with van der Waals surface area (Å²) in [5.74, 6) is 0.588. The minimum atomic E-state index is -0.831. The molecule has 0 spiro atoms. The Hall–Kier alpha value is -1.60. The van der Waals surface area contributed by atoms with Gasteiger partial charge in [0.15, 0.2) is 17.5 Å². The third-order valence-corrected chi connectivity index (χ3v) is 5.03. The smallest absolute Gasteiger partial charge is 0.196 e.